The van der Waals surface area contributed by atoms with Crippen LogP contribution in [0.25, 0.3) is 0 Å². The smallest absolute Gasteiger partial charge is 0.162 e. The van der Waals surface area contributed by atoms with E-state index in [-0.39, 0.29) is 0 Å². The van der Waals surface area contributed by atoms with Crippen LogP contribution in [0.4, 0.5) is 0 Å². The molecule has 0 radical (unpaired) electrons. The number of rotatable bonds is 2. The third kappa shape index (κ3) is 2.97. The van der Waals surface area contributed by atoms with Crippen molar-refractivity contribution < 1.29 is 0 Å². The normalized spacial score (nSPS) is 12.2. The third-order valence-corrected chi connectivity index (χ3v) is 6.27. The summed E-state index contributed by atoms with van der Waals surface area (Å²) in [4.78, 5) is 0. The summed E-state index contributed by atoms with van der Waals surface area (Å²) in [7, 11) is -2.28. The highest BCUT2D eigenvalue weighted by molar-refractivity contribution is 7.26. The quantitative estimate of drug-likeness (QED) is 0.537. The van der Waals surface area contributed by atoms with Crippen molar-refractivity contribution in [3.63, 3.8) is 0 Å². The summed E-state index contributed by atoms with van der Waals surface area (Å²) in [6.45, 7) is 9.05. The van der Waals surface area contributed by atoms with E-state index in [4.69, 9.17) is 11.1 Å². The summed E-state index contributed by atoms with van der Waals surface area (Å²) in [5.74, 6) is 0. The van der Waals surface area contributed by atoms with E-state index < -0.39 is 16.2 Å². The highest BCUT2D eigenvalue weighted by atomic mass is 35.6. The molecule has 0 spiro atoms. The zero-order chi connectivity index (χ0) is 10.1. The van der Waals surface area contributed by atoms with Crippen molar-refractivity contribution in [2.45, 2.75) is 26.2 Å². The molecule has 0 unspecified atom stereocenters. The summed E-state index contributed by atoms with van der Waals surface area (Å²) in [5, 5.41) is 2.89. The zero-order valence-corrected chi connectivity index (χ0v) is 11.7. The molecule has 0 aliphatic rings. The maximum Gasteiger partial charge on any atom is 0.180 e. The van der Waals surface area contributed by atoms with E-state index in [1.54, 1.807) is 0 Å². The van der Waals surface area contributed by atoms with Gasteiger partial charge in [-0.3, -0.25) is 0 Å². The van der Waals surface area contributed by atoms with Gasteiger partial charge in [-0.1, -0.05) is 55.6 Å². The lowest BCUT2D eigenvalue weighted by Crippen LogP contribution is -2.38. The molecule has 0 amide bonds. The Kier molecular flexibility index (Phi) is 3.38. The minimum Gasteiger partial charge on any atom is -0.162 e. The van der Waals surface area contributed by atoms with Crippen LogP contribution in [0, 0.1) is 0 Å². The Morgan fingerprint density at radius 1 is 1.23 bits per heavy atom. The van der Waals surface area contributed by atoms with Crippen molar-refractivity contribution in [1.82, 2.24) is 0 Å². The van der Waals surface area contributed by atoms with Crippen molar-refractivity contribution in [3.8, 4) is 0 Å². The molecule has 0 saturated carbocycles. The fourth-order valence-corrected chi connectivity index (χ4v) is 3.80. The van der Waals surface area contributed by atoms with E-state index in [1.165, 1.54) is 10.4 Å². The lowest BCUT2D eigenvalue weighted by atomic mass is 10.4. The van der Waals surface area contributed by atoms with Crippen molar-refractivity contribution in [3.05, 3.63) is 24.3 Å². The lowest BCUT2D eigenvalue weighted by Gasteiger charge is -2.15. The van der Waals surface area contributed by atoms with E-state index in [0.29, 0.717) is 0 Å². The second-order valence-corrected chi connectivity index (χ2v) is 13.6. The van der Waals surface area contributed by atoms with Gasteiger partial charge in [-0.15, -0.1) is 0 Å². The molecule has 0 bridgehead atoms. The molecule has 0 aliphatic heterocycles. The van der Waals surface area contributed by atoms with Gasteiger partial charge in [0, 0.05) is 0 Å². The molecule has 0 aromatic heterocycles. The van der Waals surface area contributed by atoms with Gasteiger partial charge in [-0.05, 0) is 5.19 Å². The SMILES string of the molecule is C[SiH](C)c1cccc([Si](C)(C)Cl)c1. The summed E-state index contributed by atoms with van der Waals surface area (Å²) < 4.78 is 0. The molecule has 3 heteroatoms. The van der Waals surface area contributed by atoms with Gasteiger partial charge in [0.2, 0.25) is 0 Å². The van der Waals surface area contributed by atoms with Crippen molar-refractivity contribution in [2.24, 2.45) is 0 Å². The molecule has 0 N–H and O–H groups in total. The van der Waals surface area contributed by atoms with Crippen molar-refractivity contribution in [1.29, 1.82) is 0 Å². The first kappa shape index (κ1) is 11.0. The van der Waals surface area contributed by atoms with Gasteiger partial charge >= 0.3 is 0 Å². The predicted molar refractivity (Wildman–Crippen MR) is 67.9 cm³/mol. The van der Waals surface area contributed by atoms with Crippen LogP contribution in [0.3, 0.4) is 0 Å². The van der Waals surface area contributed by atoms with E-state index in [0.717, 1.165) is 0 Å². The molecule has 13 heavy (non-hydrogen) atoms. The molecule has 0 fully saturated rings. The summed E-state index contributed by atoms with van der Waals surface area (Å²) >= 11 is 6.39. The summed E-state index contributed by atoms with van der Waals surface area (Å²) in [5.41, 5.74) is 0. The number of halogens is 1. The second kappa shape index (κ2) is 3.99. The Labute approximate surface area is 88.3 Å². The number of hydrogen-bond donors (Lipinski definition) is 0. The van der Waals surface area contributed by atoms with Gasteiger partial charge in [-0.2, -0.15) is 11.1 Å². The van der Waals surface area contributed by atoms with Crippen LogP contribution in [0.5, 0.6) is 0 Å². The first-order valence-electron chi connectivity index (χ1n) is 4.70. The Morgan fingerprint density at radius 3 is 2.31 bits per heavy atom. The highest BCUT2D eigenvalue weighted by Gasteiger charge is 2.20. The molecular formula is C10H17ClSi2. The van der Waals surface area contributed by atoms with Gasteiger partial charge in [0.15, 0.2) is 7.38 Å². The van der Waals surface area contributed by atoms with Gasteiger partial charge in [0.25, 0.3) is 0 Å². The lowest BCUT2D eigenvalue weighted by molar-refractivity contribution is 1.76. The summed E-state index contributed by atoms with van der Waals surface area (Å²) in [6, 6.07) is 8.86. The minimum absolute atomic E-state index is 0.665. The largest absolute Gasteiger partial charge is 0.180 e. The topological polar surface area (TPSA) is 0 Å². The van der Waals surface area contributed by atoms with E-state index >= 15 is 0 Å². The molecule has 1 aromatic carbocycles. The van der Waals surface area contributed by atoms with Crippen molar-refractivity contribution >= 4 is 37.6 Å². The maximum atomic E-state index is 6.39. The molecule has 1 aromatic rings. The van der Waals surface area contributed by atoms with Crippen LogP contribution in [0.2, 0.25) is 26.2 Å². The first-order chi connectivity index (χ1) is 5.91. The fraction of sp³-hybridized carbons (Fsp3) is 0.400. The number of hydrogen-bond acceptors (Lipinski definition) is 0. The average molecular weight is 229 g/mol. The van der Waals surface area contributed by atoms with Crippen LogP contribution < -0.4 is 10.4 Å². The van der Waals surface area contributed by atoms with Gasteiger partial charge in [0.1, 0.15) is 0 Å². The molecule has 0 aliphatic carbocycles. The Morgan fingerprint density at radius 2 is 1.85 bits per heavy atom. The standard InChI is InChI=1S/C10H17ClSi2/c1-12(2)9-6-5-7-10(8-9)13(3,4)11/h5-8,12H,1-4H3. The fourth-order valence-electron chi connectivity index (χ4n) is 1.27. The molecule has 0 atom stereocenters. The zero-order valence-electron chi connectivity index (χ0n) is 8.76. The Bertz CT molecular complexity index is 289. The average Bonchev–Trinajstić information content (AvgIpc) is 2.03. The third-order valence-electron chi connectivity index (χ3n) is 2.24. The highest BCUT2D eigenvalue weighted by Crippen LogP contribution is 2.06. The second-order valence-electron chi connectivity index (χ2n) is 4.25. The Balaban J connectivity index is 3.06. The molecule has 0 saturated heterocycles. The van der Waals surface area contributed by atoms with E-state index in [2.05, 4.69) is 50.5 Å². The van der Waals surface area contributed by atoms with Crippen LogP contribution in [-0.2, 0) is 0 Å². The van der Waals surface area contributed by atoms with E-state index in [1.807, 2.05) is 0 Å². The van der Waals surface area contributed by atoms with Crippen molar-refractivity contribution in [2.75, 3.05) is 0 Å². The molecule has 72 valence electrons. The molecular weight excluding hydrogens is 212 g/mol. The van der Waals surface area contributed by atoms with Crippen LogP contribution in [0.15, 0.2) is 24.3 Å². The van der Waals surface area contributed by atoms with E-state index in [9.17, 15) is 0 Å². The van der Waals surface area contributed by atoms with Crippen LogP contribution in [-0.4, -0.2) is 16.2 Å². The molecule has 1 rings (SSSR count). The monoisotopic (exact) mass is 228 g/mol. The predicted octanol–water partition coefficient (Wildman–Crippen LogP) is 2.03. The van der Waals surface area contributed by atoms with Gasteiger partial charge in [-0.25, -0.2) is 0 Å². The van der Waals surface area contributed by atoms with Gasteiger partial charge in [0.05, 0.1) is 8.80 Å². The summed E-state index contributed by atoms with van der Waals surface area (Å²) in [6.07, 6.45) is 0. The minimum atomic E-state index is -1.62. The first-order valence-corrected chi connectivity index (χ1v) is 11.6. The van der Waals surface area contributed by atoms with Gasteiger partial charge < -0.3 is 0 Å². The maximum absolute atomic E-state index is 6.39. The molecule has 0 heterocycles. The number of benzene rings is 1. The Hall–Kier alpha value is -0.0562. The molecule has 0 nitrogen and oxygen atoms in total. The van der Waals surface area contributed by atoms with Crippen LogP contribution in [0.1, 0.15) is 0 Å². The van der Waals surface area contributed by atoms with Crippen LogP contribution >= 0.6 is 11.1 Å².